The molecule has 150 valence electrons. The van der Waals surface area contributed by atoms with Crippen LogP contribution < -0.4 is 15.8 Å². The molecule has 1 aromatic heterocycles. The number of amides is 1. The van der Waals surface area contributed by atoms with Crippen molar-refractivity contribution >= 4 is 39.9 Å². The van der Waals surface area contributed by atoms with Crippen LogP contribution >= 0.6 is 11.6 Å². The van der Waals surface area contributed by atoms with Gasteiger partial charge < -0.3 is 15.8 Å². The maximum atomic E-state index is 14.2. The highest BCUT2D eigenvalue weighted by atomic mass is 35.5. The maximum absolute atomic E-state index is 14.2. The van der Waals surface area contributed by atoms with Crippen LogP contribution in [0.1, 0.15) is 6.42 Å². The van der Waals surface area contributed by atoms with E-state index in [1.165, 1.54) is 12.4 Å². The Bertz CT molecular complexity index is 1080. The van der Waals surface area contributed by atoms with Crippen molar-refractivity contribution in [2.75, 3.05) is 18.9 Å². The van der Waals surface area contributed by atoms with E-state index in [2.05, 4.69) is 15.3 Å². The van der Waals surface area contributed by atoms with Crippen molar-refractivity contribution < 1.29 is 13.9 Å². The number of carbonyl (C=O) groups excluding carboxylic acids is 1. The van der Waals surface area contributed by atoms with Gasteiger partial charge in [-0.25, -0.2) is 14.4 Å². The van der Waals surface area contributed by atoms with Crippen molar-refractivity contribution in [2.24, 2.45) is 5.73 Å². The minimum atomic E-state index is -0.546. The Morgan fingerprint density at radius 3 is 2.93 bits per heavy atom. The Labute approximate surface area is 171 Å². The number of hydrogen-bond acceptors (Lipinski definition) is 6. The summed E-state index contributed by atoms with van der Waals surface area (Å²) in [5, 5.41) is 3.70. The number of likely N-dealkylation sites (tertiary alicyclic amines) is 1. The molecule has 1 amide bonds. The highest BCUT2D eigenvalue weighted by Crippen LogP contribution is 2.30. The molecule has 29 heavy (non-hydrogen) atoms. The number of halogens is 2. The van der Waals surface area contributed by atoms with Crippen molar-refractivity contribution in [3.63, 3.8) is 0 Å². The maximum Gasteiger partial charge on any atom is 0.234 e. The molecule has 2 atom stereocenters. The van der Waals surface area contributed by atoms with E-state index in [4.69, 9.17) is 22.1 Å². The first-order chi connectivity index (χ1) is 13.9. The van der Waals surface area contributed by atoms with E-state index in [0.29, 0.717) is 35.4 Å². The monoisotopic (exact) mass is 415 g/mol. The van der Waals surface area contributed by atoms with Crippen molar-refractivity contribution in [1.82, 2.24) is 14.9 Å². The number of likely N-dealkylation sites (N-methyl/N-ethyl adjacent to an activating group) is 1. The fourth-order valence-electron chi connectivity index (χ4n) is 3.50. The Morgan fingerprint density at radius 2 is 2.17 bits per heavy atom. The lowest BCUT2D eigenvalue weighted by Crippen LogP contribution is -2.37. The molecule has 9 heteroatoms. The number of fused-ring (bicyclic) bond motifs is 1. The molecule has 4 rings (SSSR count). The molecule has 0 radical (unpaired) electrons. The fraction of sp³-hybridized carbons (Fsp3) is 0.250. The van der Waals surface area contributed by atoms with E-state index in [-0.39, 0.29) is 28.8 Å². The van der Waals surface area contributed by atoms with Gasteiger partial charge in [0.2, 0.25) is 5.91 Å². The van der Waals surface area contributed by atoms with Crippen LogP contribution in [0.3, 0.4) is 0 Å². The smallest absolute Gasteiger partial charge is 0.234 e. The third kappa shape index (κ3) is 3.94. The van der Waals surface area contributed by atoms with Gasteiger partial charge in [-0.05, 0) is 31.3 Å². The topological polar surface area (TPSA) is 93.4 Å². The van der Waals surface area contributed by atoms with Crippen LogP contribution in [0, 0.1) is 5.82 Å². The first-order valence-corrected chi connectivity index (χ1v) is 9.42. The molecule has 1 fully saturated rings. The molecular formula is C20H19ClFN5O2. The molecular weight excluding hydrogens is 397 g/mol. The van der Waals surface area contributed by atoms with E-state index in [1.807, 2.05) is 11.9 Å². The summed E-state index contributed by atoms with van der Waals surface area (Å²) in [6, 6.07) is 9.77. The second-order valence-electron chi connectivity index (χ2n) is 6.96. The second kappa shape index (κ2) is 7.81. The standard InChI is InChI=1S/C20H19ClFN5O2/c1-27-9-12(8-17(27)19(23)28)29-11-5-6-13-16(7-11)24-10-25-20(13)26-15-4-2-3-14(21)18(15)22/h2-7,10,12,17H,8-9H2,1H3,(H2,23,28)(H,24,25,26)/t12-,17+/m1/s1. The molecule has 0 unspecified atom stereocenters. The minimum Gasteiger partial charge on any atom is -0.489 e. The van der Waals surface area contributed by atoms with Gasteiger partial charge in [0.1, 0.15) is 24.0 Å². The number of aromatic nitrogens is 2. The number of carbonyl (C=O) groups is 1. The molecule has 2 heterocycles. The lowest BCUT2D eigenvalue weighted by atomic mass is 10.2. The van der Waals surface area contributed by atoms with Gasteiger partial charge in [-0.1, -0.05) is 17.7 Å². The summed E-state index contributed by atoms with van der Waals surface area (Å²) in [5.74, 6) is 0.181. The number of benzene rings is 2. The Kier molecular flexibility index (Phi) is 5.21. The first kappa shape index (κ1) is 19.4. The Hall–Kier alpha value is -2.97. The summed E-state index contributed by atoms with van der Waals surface area (Å²) in [6.07, 6.45) is 1.78. The van der Waals surface area contributed by atoms with Crippen LogP contribution in [0.4, 0.5) is 15.9 Å². The van der Waals surface area contributed by atoms with E-state index >= 15 is 0 Å². The average molecular weight is 416 g/mol. The predicted octanol–water partition coefficient (Wildman–Crippen LogP) is 3.10. The number of primary amides is 1. The van der Waals surface area contributed by atoms with Crippen molar-refractivity contribution in [3.8, 4) is 5.75 Å². The molecule has 1 aliphatic heterocycles. The van der Waals surface area contributed by atoms with Gasteiger partial charge >= 0.3 is 0 Å². The van der Waals surface area contributed by atoms with Gasteiger partial charge in [-0.15, -0.1) is 0 Å². The SMILES string of the molecule is CN1C[C@H](Oc2ccc3c(Nc4cccc(Cl)c4F)ncnc3c2)C[C@H]1C(N)=O. The van der Waals surface area contributed by atoms with Gasteiger partial charge in [0, 0.05) is 24.4 Å². The molecule has 3 N–H and O–H groups in total. The van der Waals surface area contributed by atoms with Crippen LogP contribution in [0.5, 0.6) is 5.75 Å². The Balaban J connectivity index is 1.56. The predicted molar refractivity (Wildman–Crippen MR) is 109 cm³/mol. The summed E-state index contributed by atoms with van der Waals surface area (Å²) in [5.41, 5.74) is 6.29. The molecule has 0 saturated carbocycles. The summed E-state index contributed by atoms with van der Waals surface area (Å²) < 4.78 is 20.2. The summed E-state index contributed by atoms with van der Waals surface area (Å²) in [6.45, 7) is 0.607. The largest absolute Gasteiger partial charge is 0.489 e. The van der Waals surface area contributed by atoms with E-state index < -0.39 is 5.82 Å². The molecule has 3 aromatic rings. The zero-order valence-corrected chi connectivity index (χ0v) is 16.4. The van der Waals surface area contributed by atoms with Crippen LogP contribution in [-0.2, 0) is 4.79 Å². The molecule has 0 bridgehead atoms. The van der Waals surface area contributed by atoms with Gasteiger partial charge in [0.15, 0.2) is 5.82 Å². The number of nitrogens with one attached hydrogen (secondary N) is 1. The Morgan fingerprint density at radius 1 is 1.34 bits per heavy atom. The van der Waals surface area contributed by atoms with Gasteiger partial charge in [-0.3, -0.25) is 9.69 Å². The van der Waals surface area contributed by atoms with Crippen molar-refractivity contribution in [1.29, 1.82) is 0 Å². The third-order valence-corrected chi connectivity index (χ3v) is 5.25. The lowest BCUT2D eigenvalue weighted by molar-refractivity contribution is -0.121. The zero-order chi connectivity index (χ0) is 20.5. The number of anilines is 2. The molecule has 0 aliphatic carbocycles. The molecule has 0 spiro atoms. The van der Waals surface area contributed by atoms with E-state index in [9.17, 15) is 9.18 Å². The number of rotatable bonds is 5. The quantitative estimate of drug-likeness (QED) is 0.665. The average Bonchev–Trinajstić information content (AvgIpc) is 3.06. The van der Waals surface area contributed by atoms with Crippen molar-refractivity contribution in [2.45, 2.75) is 18.6 Å². The van der Waals surface area contributed by atoms with Gasteiger partial charge in [0.25, 0.3) is 0 Å². The lowest BCUT2D eigenvalue weighted by Gasteiger charge is -2.15. The van der Waals surface area contributed by atoms with Crippen molar-refractivity contribution in [3.05, 3.63) is 53.6 Å². The van der Waals surface area contributed by atoms with Gasteiger partial charge in [0.05, 0.1) is 22.3 Å². The second-order valence-corrected chi connectivity index (χ2v) is 7.37. The third-order valence-electron chi connectivity index (χ3n) is 4.95. The van der Waals surface area contributed by atoms with Crippen LogP contribution in [0.25, 0.3) is 10.9 Å². The molecule has 1 saturated heterocycles. The highest BCUT2D eigenvalue weighted by Gasteiger charge is 2.34. The van der Waals surface area contributed by atoms with Crippen LogP contribution in [-0.4, -0.2) is 46.5 Å². The number of ether oxygens (including phenoxy) is 1. The number of hydrogen-bond donors (Lipinski definition) is 2. The molecule has 7 nitrogen and oxygen atoms in total. The highest BCUT2D eigenvalue weighted by molar-refractivity contribution is 6.31. The first-order valence-electron chi connectivity index (χ1n) is 9.04. The van der Waals surface area contributed by atoms with Gasteiger partial charge in [-0.2, -0.15) is 0 Å². The fourth-order valence-corrected chi connectivity index (χ4v) is 3.68. The summed E-state index contributed by atoms with van der Waals surface area (Å²) >= 11 is 5.84. The summed E-state index contributed by atoms with van der Waals surface area (Å²) in [4.78, 5) is 21.9. The minimum absolute atomic E-state index is 0.0276. The van der Waals surface area contributed by atoms with Crippen LogP contribution in [0.2, 0.25) is 5.02 Å². The van der Waals surface area contributed by atoms with Crippen LogP contribution in [0.15, 0.2) is 42.7 Å². The summed E-state index contributed by atoms with van der Waals surface area (Å²) in [7, 11) is 1.85. The zero-order valence-electron chi connectivity index (χ0n) is 15.6. The molecule has 2 aromatic carbocycles. The molecule has 1 aliphatic rings. The van der Waals surface area contributed by atoms with E-state index in [1.54, 1.807) is 30.3 Å². The normalized spacial score (nSPS) is 19.4. The van der Waals surface area contributed by atoms with E-state index in [0.717, 1.165) is 0 Å². The number of nitrogens with two attached hydrogens (primary N) is 1. The number of nitrogens with zero attached hydrogens (tertiary/aromatic N) is 3.